The van der Waals surface area contributed by atoms with Crippen LogP contribution < -0.4 is 5.32 Å². The van der Waals surface area contributed by atoms with Crippen LogP contribution in [0.25, 0.3) is 0 Å². The standard InChI is InChI=1S/C10H22N2/c1-12(2)9-11-8-10-6-4-3-5-7-10/h10-11H,3-9H2,1-2H3. The summed E-state index contributed by atoms with van der Waals surface area (Å²) in [6, 6.07) is 0. The van der Waals surface area contributed by atoms with E-state index >= 15 is 0 Å². The molecule has 1 saturated carbocycles. The van der Waals surface area contributed by atoms with Crippen LogP contribution in [-0.4, -0.2) is 32.2 Å². The van der Waals surface area contributed by atoms with Crippen molar-refractivity contribution in [1.82, 2.24) is 10.2 Å². The smallest absolute Gasteiger partial charge is 0.0474 e. The first-order valence-corrected chi connectivity index (χ1v) is 5.14. The maximum Gasteiger partial charge on any atom is 0.0474 e. The molecule has 0 spiro atoms. The zero-order chi connectivity index (χ0) is 8.81. The zero-order valence-corrected chi connectivity index (χ0v) is 8.47. The maximum atomic E-state index is 3.48. The summed E-state index contributed by atoms with van der Waals surface area (Å²) in [6.07, 6.45) is 7.26. The fourth-order valence-electron chi connectivity index (χ4n) is 1.88. The number of nitrogens with one attached hydrogen (secondary N) is 1. The Kier molecular flexibility index (Phi) is 4.62. The van der Waals surface area contributed by atoms with Crippen LogP contribution in [0.2, 0.25) is 0 Å². The fraction of sp³-hybridized carbons (Fsp3) is 1.00. The van der Waals surface area contributed by atoms with Gasteiger partial charge in [0.1, 0.15) is 0 Å². The van der Waals surface area contributed by atoms with Crippen LogP contribution in [-0.2, 0) is 0 Å². The number of hydrogen-bond acceptors (Lipinski definition) is 2. The van der Waals surface area contributed by atoms with E-state index in [9.17, 15) is 0 Å². The summed E-state index contributed by atoms with van der Waals surface area (Å²) in [7, 11) is 4.21. The van der Waals surface area contributed by atoms with Crippen molar-refractivity contribution < 1.29 is 0 Å². The van der Waals surface area contributed by atoms with E-state index in [1.165, 1.54) is 38.6 Å². The lowest BCUT2D eigenvalue weighted by molar-refractivity contribution is 0.304. The molecule has 72 valence electrons. The summed E-state index contributed by atoms with van der Waals surface area (Å²) in [5, 5.41) is 3.48. The molecule has 1 fully saturated rings. The van der Waals surface area contributed by atoms with Gasteiger partial charge in [-0.2, -0.15) is 0 Å². The summed E-state index contributed by atoms with van der Waals surface area (Å²) in [4.78, 5) is 2.18. The Labute approximate surface area is 76.3 Å². The van der Waals surface area contributed by atoms with Crippen LogP contribution in [0.5, 0.6) is 0 Å². The molecular formula is C10H22N2. The van der Waals surface area contributed by atoms with Crippen LogP contribution in [0.15, 0.2) is 0 Å². The molecule has 0 aromatic rings. The maximum absolute atomic E-state index is 3.48. The molecule has 12 heavy (non-hydrogen) atoms. The highest BCUT2D eigenvalue weighted by atomic mass is 15.2. The SMILES string of the molecule is CN(C)CNCC1CCCCC1. The summed E-state index contributed by atoms with van der Waals surface area (Å²) < 4.78 is 0. The molecule has 0 aliphatic heterocycles. The van der Waals surface area contributed by atoms with Gasteiger partial charge < -0.3 is 5.32 Å². The highest BCUT2D eigenvalue weighted by Gasteiger charge is 2.12. The zero-order valence-electron chi connectivity index (χ0n) is 8.47. The molecule has 0 unspecified atom stereocenters. The van der Waals surface area contributed by atoms with Crippen LogP contribution in [0, 0.1) is 5.92 Å². The first-order valence-electron chi connectivity index (χ1n) is 5.14. The van der Waals surface area contributed by atoms with Gasteiger partial charge in [0.15, 0.2) is 0 Å². The summed E-state index contributed by atoms with van der Waals surface area (Å²) >= 11 is 0. The largest absolute Gasteiger partial charge is 0.304 e. The summed E-state index contributed by atoms with van der Waals surface area (Å²) in [5.74, 6) is 0.957. The van der Waals surface area contributed by atoms with Gasteiger partial charge in [-0.25, -0.2) is 0 Å². The second-order valence-electron chi connectivity index (χ2n) is 4.20. The molecule has 1 rings (SSSR count). The first-order chi connectivity index (χ1) is 5.79. The van der Waals surface area contributed by atoms with Gasteiger partial charge in [-0.1, -0.05) is 19.3 Å². The molecule has 1 aliphatic carbocycles. The van der Waals surface area contributed by atoms with E-state index in [-0.39, 0.29) is 0 Å². The lowest BCUT2D eigenvalue weighted by Crippen LogP contribution is -2.32. The summed E-state index contributed by atoms with van der Waals surface area (Å²) in [6.45, 7) is 2.24. The van der Waals surface area contributed by atoms with Crippen molar-refractivity contribution in [2.45, 2.75) is 32.1 Å². The van der Waals surface area contributed by atoms with Crippen LogP contribution in [0.4, 0.5) is 0 Å². The lowest BCUT2D eigenvalue weighted by Gasteiger charge is -2.22. The highest BCUT2D eigenvalue weighted by molar-refractivity contribution is 4.67. The summed E-state index contributed by atoms with van der Waals surface area (Å²) in [5.41, 5.74) is 0. The van der Waals surface area contributed by atoms with Crippen molar-refractivity contribution in [3.05, 3.63) is 0 Å². The van der Waals surface area contributed by atoms with Crippen molar-refractivity contribution in [2.24, 2.45) is 5.92 Å². The Balaban J connectivity index is 1.98. The average molecular weight is 170 g/mol. The minimum atomic E-state index is 0.957. The quantitative estimate of drug-likeness (QED) is 0.646. The predicted molar refractivity (Wildman–Crippen MR) is 53.1 cm³/mol. The van der Waals surface area contributed by atoms with Crippen LogP contribution in [0.3, 0.4) is 0 Å². The van der Waals surface area contributed by atoms with Gasteiger partial charge in [-0.05, 0) is 39.4 Å². The number of nitrogens with zero attached hydrogens (tertiary/aromatic N) is 1. The van der Waals surface area contributed by atoms with Crippen molar-refractivity contribution in [1.29, 1.82) is 0 Å². The minimum absolute atomic E-state index is 0.957. The molecule has 0 aromatic carbocycles. The third kappa shape index (κ3) is 4.07. The van der Waals surface area contributed by atoms with Crippen molar-refractivity contribution in [3.63, 3.8) is 0 Å². The molecule has 0 amide bonds. The molecule has 2 nitrogen and oxygen atoms in total. The monoisotopic (exact) mass is 170 g/mol. The number of hydrogen-bond donors (Lipinski definition) is 1. The Bertz CT molecular complexity index is 106. The molecule has 0 saturated heterocycles. The van der Waals surface area contributed by atoms with Crippen LogP contribution >= 0.6 is 0 Å². The van der Waals surface area contributed by atoms with E-state index in [0.717, 1.165) is 12.6 Å². The van der Waals surface area contributed by atoms with E-state index in [4.69, 9.17) is 0 Å². The van der Waals surface area contributed by atoms with E-state index in [0.29, 0.717) is 0 Å². The third-order valence-electron chi connectivity index (χ3n) is 2.59. The van der Waals surface area contributed by atoms with Gasteiger partial charge in [0.2, 0.25) is 0 Å². The van der Waals surface area contributed by atoms with Gasteiger partial charge in [-0.3, -0.25) is 4.90 Å². The molecule has 0 radical (unpaired) electrons. The molecule has 1 N–H and O–H groups in total. The van der Waals surface area contributed by atoms with Gasteiger partial charge >= 0.3 is 0 Å². The Hall–Kier alpha value is -0.0800. The molecule has 2 heteroatoms. The van der Waals surface area contributed by atoms with E-state index in [1.54, 1.807) is 0 Å². The van der Waals surface area contributed by atoms with Gasteiger partial charge in [-0.15, -0.1) is 0 Å². The minimum Gasteiger partial charge on any atom is -0.304 e. The van der Waals surface area contributed by atoms with Crippen molar-refractivity contribution >= 4 is 0 Å². The van der Waals surface area contributed by atoms with Crippen LogP contribution in [0.1, 0.15) is 32.1 Å². The highest BCUT2D eigenvalue weighted by Crippen LogP contribution is 2.22. The molecule has 0 bridgehead atoms. The first kappa shape index (κ1) is 10.0. The number of rotatable bonds is 4. The van der Waals surface area contributed by atoms with Gasteiger partial charge in [0.25, 0.3) is 0 Å². The fourth-order valence-corrected chi connectivity index (χ4v) is 1.88. The Morgan fingerprint density at radius 2 is 1.83 bits per heavy atom. The Morgan fingerprint density at radius 3 is 2.42 bits per heavy atom. The molecule has 0 atom stereocenters. The second kappa shape index (κ2) is 5.55. The van der Waals surface area contributed by atoms with E-state index < -0.39 is 0 Å². The second-order valence-corrected chi connectivity index (χ2v) is 4.20. The topological polar surface area (TPSA) is 15.3 Å². The molecule has 1 aliphatic rings. The predicted octanol–water partition coefficient (Wildman–Crippen LogP) is 1.68. The average Bonchev–Trinajstić information content (AvgIpc) is 2.05. The third-order valence-corrected chi connectivity index (χ3v) is 2.59. The van der Waals surface area contributed by atoms with Crippen molar-refractivity contribution in [2.75, 3.05) is 27.3 Å². The molecular weight excluding hydrogens is 148 g/mol. The van der Waals surface area contributed by atoms with E-state index in [1.807, 2.05) is 0 Å². The lowest BCUT2D eigenvalue weighted by atomic mass is 9.89. The molecule has 0 aromatic heterocycles. The van der Waals surface area contributed by atoms with E-state index in [2.05, 4.69) is 24.3 Å². The van der Waals surface area contributed by atoms with Gasteiger partial charge in [0.05, 0.1) is 0 Å². The van der Waals surface area contributed by atoms with Gasteiger partial charge in [0, 0.05) is 6.67 Å². The normalized spacial score (nSPS) is 20.2. The van der Waals surface area contributed by atoms with Crippen molar-refractivity contribution in [3.8, 4) is 0 Å². The molecule has 0 heterocycles. The Morgan fingerprint density at radius 1 is 1.17 bits per heavy atom.